The van der Waals surface area contributed by atoms with Crippen LogP contribution in [0.25, 0.3) is 0 Å². The van der Waals surface area contributed by atoms with Crippen LogP contribution in [0.3, 0.4) is 0 Å². The Hall–Kier alpha value is -2.31. The number of nitrogens with two attached hydrogens (primary N) is 1. The summed E-state index contributed by atoms with van der Waals surface area (Å²) in [6, 6.07) is -0.132. The first-order valence-electron chi connectivity index (χ1n) is 6.23. The van der Waals surface area contributed by atoms with Gasteiger partial charge in [-0.15, -0.1) is 0 Å². The van der Waals surface area contributed by atoms with Gasteiger partial charge < -0.3 is 19.6 Å². The Balaban J connectivity index is 2.53. The Morgan fingerprint density at radius 2 is 2.05 bits per heavy atom. The Morgan fingerprint density at radius 1 is 1.40 bits per heavy atom. The molecule has 2 aromatic rings. The molecule has 0 aliphatic carbocycles. The Bertz CT molecular complexity index is 637. The lowest BCUT2D eigenvalue weighted by Gasteiger charge is -2.16. The fraction of sp³-hybridized carbons (Fsp3) is 0.462. The number of rotatable bonds is 3. The molecule has 7 heteroatoms. The highest BCUT2D eigenvalue weighted by Gasteiger charge is 2.25. The number of nitrogen functional groups attached to an aromatic ring is 1. The molecular weight excluding hydrogens is 260 g/mol. The molecule has 0 radical (unpaired) electrons. The summed E-state index contributed by atoms with van der Waals surface area (Å²) in [6.45, 7) is 7.46. The molecule has 0 saturated heterocycles. The first-order valence-corrected chi connectivity index (χ1v) is 6.23. The molecule has 2 aromatic heterocycles. The van der Waals surface area contributed by atoms with Crippen molar-refractivity contribution in [3.8, 4) is 0 Å². The van der Waals surface area contributed by atoms with Gasteiger partial charge in [0.15, 0.2) is 5.69 Å². The molecule has 7 nitrogen and oxygen atoms in total. The average Bonchev–Trinajstić information content (AvgIpc) is 2.88. The number of carbonyl (C=O) groups is 1. The fourth-order valence-corrected chi connectivity index (χ4v) is 2.51. The summed E-state index contributed by atoms with van der Waals surface area (Å²) in [5, 5.41) is 3.94. The minimum Gasteiger partial charge on any atom is -0.464 e. The molecule has 1 unspecified atom stereocenters. The normalized spacial score (nSPS) is 12.4. The van der Waals surface area contributed by atoms with Gasteiger partial charge in [0.25, 0.3) is 0 Å². The molecule has 0 aliphatic rings. The number of methoxy groups -OCH3 is 1. The van der Waals surface area contributed by atoms with Crippen LogP contribution in [0.1, 0.15) is 46.3 Å². The maximum absolute atomic E-state index is 11.6. The zero-order chi connectivity index (χ0) is 15.0. The topological polar surface area (TPSA) is 96.2 Å². The van der Waals surface area contributed by atoms with Crippen LogP contribution in [0.2, 0.25) is 0 Å². The quantitative estimate of drug-likeness (QED) is 0.859. The van der Waals surface area contributed by atoms with E-state index in [1.807, 2.05) is 20.8 Å². The van der Waals surface area contributed by atoms with Crippen molar-refractivity contribution in [2.75, 3.05) is 12.8 Å². The molecule has 0 fully saturated rings. The van der Waals surface area contributed by atoms with Gasteiger partial charge in [0.05, 0.1) is 18.8 Å². The van der Waals surface area contributed by atoms with Crippen molar-refractivity contribution in [1.82, 2.24) is 14.7 Å². The summed E-state index contributed by atoms with van der Waals surface area (Å²) in [5.74, 6) is 1.09. The van der Waals surface area contributed by atoms with E-state index in [4.69, 9.17) is 10.3 Å². The highest BCUT2D eigenvalue weighted by atomic mass is 16.5. The lowest BCUT2D eigenvalue weighted by atomic mass is 10.1. The molecule has 2 heterocycles. The van der Waals surface area contributed by atoms with Crippen LogP contribution in [0.5, 0.6) is 0 Å². The van der Waals surface area contributed by atoms with E-state index in [1.54, 1.807) is 11.5 Å². The van der Waals surface area contributed by atoms with Crippen molar-refractivity contribution in [3.63, 3.8) is 0 Å². The summed E-state index contributed by atoms with van der Waals surface area (Å²) in [7, 11) is 1.30. The first-order chi connectivity index (χ1) is 9.38. The molecule has 108 valence electrons. The molecule has 2 N–H and O–H groups in total. The Morgan fingerprint density at radius 3 is 2.55 bits per heavy atom. The summed E-state index contributed by atoms with van der Waals surface area (Å²) in [4.78, 5) is 15.8. The van der Waals surface area contributed by atoms with Crippen LogP contribution in [0.4, 0.5) is 5.82 Å². The number of imidazole rings is 1. The van der Waals surface area contributed by atoms with Crippen molar-refractivity contribution < 1.29 is 14.1 Å². The largest absolute Gasteiger partial charge is 0.464 e. The number of aromatic nitrogens is 3. The van der Waals surface area contributed by atoms with Gasteiger partial charge >= 0.3 is 5.97 Å². The molecule has 0 spiro atoms. The number of aryl methyl sites for hydroxylation is 3. The second-order valence-electron chi connectivity index (χ2n) is 4.67. The van der Waals surface area contributed by atoms with E-state index in [2.05, 4.69) is 14.9 Å². The zero-order valence-corrected chi connectivity index (χ0v) is 12.2. The molecule has 20 heavy (non-hydrogen) atoms. The number of hydrogen-bond donors (Lipinski definition) is 1. The van der Waals surface area contributed by atoms with Crippen molar-refractivity contribution in [3.05, 3.63) is 28.5 Å². The van der Waals surface area contributed by atoms with E-state index >= 15 is 0 Å². The third-order valence-corrected chi connectivity index (χ3v) is 3.40. The summed E-state index contributed by atoms with van der Waals surface area (Å²) in [5.41, 5.74) is 7.90. The predicted molar refractivity (Wildman–Crippen MR) is 72.5 cm³/mol. The summed E-state index contributed by atoms with van der Waals surface area (Å²) >= 11 is 0. The van der Waals surface area contributed by atoms with Crippen LogP contribution in [-0.2, 0) is 4.74 Å². The van der Waals surface area contributed by atoms with Crippen molar-refractivity contribution in [2.45, 2.75) is 33.7 Å². The van der Waals surface area contributed by atoms with Crippen LogP contribution in [-0.4, -0.2) is 27.8 Å². The van der Waals surface area contributed by atoms with Gasteiger partial charge in [0.2, 0.25) is 0 Å². The van der Waals surface area contributed by atoms with Crippen LogP contribution < -0.4 is 5.73 Å². The standard InChI is InChI=1S/C13H18N4O3/c1-6-10(8(3)20-16-6)7(2)17-9(4)15-11(12(17)14)13(18)19-5/h7H,14H2,1-5H3. The summed E-state index contributed by atoms with van der Waals surface area (Å²) < 4.78 is 11.6. The molecular formula is C13H18N4O3. The van der Waals surface area contributed by atoms with Crippen molar-refractivity contribution >= 4 is 11.8 Å². The zero-order valence-electron chi connectivity index (χ0n) is 12.2. The van der Waals surface area contributed by atoms with E-state index in [0.29, 0.717) is 5.82 Å². The van der Waals surface area contributed by atoms with E-state index in [1.165, 1.54) is 7.11 Å². The molecule has 0 saturated carbocycles. The van der Waals surface area contributed by atoms with Gasteiger partial charge in [-0.2, -0.15) is 0 Å². The third kappa shape index (κ3) is 2.04. The summed E-state index contributed by atoms with van der Waals surface area (Å²) in [6.07, 6.45) is 0. The molecule has 0 amide bonds. The highest BCUT2D eigenvalue weighted by Crippen LogP contribution is 2.29. The van der Waals surface area contributed by atoms with Crippen LogP contribution in [0, 0.1) is 20.8 Å². The average molecular weight is 278 g/mol. The molecule has 0 bridgehead atoms. The van der Waals surface area contributed by atoms with Crippen molar-refractivity contribution in [2.24, 2.45) is 0 Å². The van der Waals surface area contributed by atoms with Gasteiger partial charge in [-0.05, 0) is 27.7 Å². The highest BCUT2D eigenvalue weighted by molar-refractivity contribution is 5.92. The molecule has 0 aromatic carbocycles. The van der Waals surface area contributed by atoms with E-state index in [0.717, 1.165) is 17.0 Å². The monoisotopic (exact) mass is 278 g/mol. The number of ether oxygens (including phenoxy) is 1. The van der Waals surface area contributed by atoms with Crippen LogP contribution in [0.15, 0.2) is 4.52 Å². The maximum atomic E-state index is 11.6. The number of esters is 1. The lowest BCUT2D eigenvalue weighted by Crippen LogP contribution is -2.14. The third-order valence-electron chi connectivity index (χ3n) is 3.40. The lowest BCUT2D eigenvalue weighted by molar-refractivity contribution is 0.0595. The minimum atomic E-state index is -0.546. The number of anilines is 1. The SMILES string of the molecule is COC(=O)c1nc(C)n(C(C)c2c(C)noc2C)c1N. The molecule has 0 aliphatic heterocycles. The molecule has 2 rings (SSSR count). The van der Waals surface area contributed by atoms with Gasteiger partial charge in [-0.1, -0.05) is 5.16 Å². The van der Waals surface area contributed by atoms with E-state index in [9.17, 15) is 4.79 Å². The Labute approximate surface area is 116 Å². The number of nitrogens with zero attached hydrogens (tertiary/aromatic N) is 3. The Kier molecular flexibility index (Phi) is 3.52. The smallest absolute Gasteiger partial charge is 0.360 e. The predicted octanol–water partition coefficient (Wildman–Crippen LogP) is 1.77. The van der Waals surface area contributed by atoms with E-state index < -0.39 is 5.97 Å². The maximum Gasteiger partial charge on any atom is 0.360 e. The van der Waals surface area contributed by atoms with Crippen LogP contribution >= 0.6 is 0 Å². The molecule has 1 atom stereocenters. The van der Waals surface area contributed by atoms with Crippen molar-refractivity contribution in [1.29, 1.82) is 0 Å². The van der Waals surface area contributed by atoms with E-state index in [-0.39, 0.29) is 17.6 Å². The van der Waals surface area contributed by atoms with Gasteiger partial charge in [0, 0.05) is 5.56 Å². The van der Waals surface area contributed by atoms with Gasteiger partial charge in [-0.25, -0.2) is 9.78 Å². The second kappa shape index (κ2) is 4.99. The van der Waals surface area contributed by atoms with Gasteiger partial charge in [-0.3, -0.25) is 0 Å². The second-order valence-corrected chi connectivity index (χ2v) is 4.67. The minimum absolute atomic E-state index is 0.128. The fourth-order valence-electron chi connectivity index (χ4n) is 2.51. The van der Waals surface area contributed by atoms with Gasteiger partial charge in [0.1, 0.15) is 17.4 Å². The number of hydrogen-bond acceptors (Lipinski definition) is 6. The first kappa shape index (κ1) is 14.1. The number of carbonyl (C=O) groups excluding carboxylic acids is 1.